The third kappa shape index (κ3) is 3.47. The molecule has 2 aromatic carbocycles. The highest BCUT2D eigenvalue weighted by molar-refractivity contribution is 7.89. The van der Waals surface area contributed by atoms with Gasteiger partial charge in [-0.25, -0.2) is 13.4 Å². The molecule has 1 aliphatic rings. The van der Waals surface area contributed by atoms with Crippen LogP contribution in [0.15, 0.2) is 53.4 Å². The average molecular weight is 373 g/mol. The molecule has 0 N–H and O–H groups in total. The zero-order valence-electron chi connectivity index (χ0n) is 13.9. The van der Waals surface area contributed by atoms with Gasteiger partial charge in [-0.05, 0) is 42.7 Å². The van der Waals surface area contributed by atoms with Gasteiger partial charge in [0.05, 0.1) is 20.1 Å². The Kier molecular flexibility index (Phi) is 4.58. The third-order valence-electron chi connectivity index (χ3n) is 4.57. The third-order valence-corrected chi connectivity index (χ3v) is 7.52. The highest BCUT2D eigenvalue weighted by Crippen LogP contribution is 2.25. The molecule has 0 amide bonds. The summed E-state index contributed by atoms with van der Waals surface area (Å²) >= 11 is 1.69. The lowest BCUT2D eigenvalue weighted by molar-refractivity contribution is 0.346. The summed E-state index contributed by atoms with van der Waals surface area (Å²) in [6.45, 7) is 1.27. The van der Waals surface area contributed by atoms with Crippen molar-refractivity contribution in [1.29, 1.82) is 0 Å². The van der Waals surface area contributed by atoms with Crippen LogP contribution in [0.3, 0.4) is 0 Å². The van der Waals surface area contributed by atoms with E-state index < -0.39 is 10.0 Å². The van der Waals surface area contributed by atoms with Crippen molar-refractivity contribution < 1.29 is 8.42 Å². The van der Waals surface area contributed by atoms with Crippen LogP contribution in [0.1, 0.15) is 29.8 Å². The lowest BCUT2D eigenvalue weighted by Crippen LogP contribution is -2.35. The van der Waals surface area contributed by atoms with Gasteiger partial charge in [0.2, 0.25) is 10.0 Å². The summed E-state index contributed by atoms with van der Waals surface area (Å²) in [5.41, 5.74) is 2.10. The van der Waals surface area contributed by atoms with Gasteiger partial charge in [-0.3, -0.25) is 0 Å². The van der Waals surface area contributed by atoms with E-state index in [1.165, 1.54) is 4.70 Å². The van der Waals surface area contributed by atoms with E-state index in [0.717, 1.165) is 41.8 Å². The van der Waals surface area contributed by atoms with Crippen LogP contribution < -0.4 is 0 Å². The molecule has 1 aromatic heterocycles. The molecule has 1 aliphatic heterocycles. The number of sulfonamides is 1. The molecule has 0 bridgehead atoms. The largest absolute Gasteiger partial charge is 0.243 e. The quantitative estimate of drug-likeness (QED) is 0.694. The van der Waals surface area contributed by atoms with Crippen molar-refractivity contribution in [2.24, 2.45) is 0 Å². The molecule has 0 atom stereocenters. The number of hydrogen-bond acceptors (Lipinski definition) is 4. The monoisotopic (exact) mass is 372 g/mol. The van der Waals surface area contributed by atoms with E-state index in [1.54, 1.807) is 27.8 Å². The molecule has 1 saturated heterocycles. The first-order valence-electron chi connectivity index (χ1n) is 8.56. The molecular formula is C19H20N2O2S2. The Bertz CT molecular complexity index is 939. The first kappa shape index (κ1) is 16.7. The van der Waals surface area contributed by atoms with Crippen molar-refractivity contribution >= 4 is 31.6 Å². The van der Waals surface area contributed by atoms with Crippen LogP contribution in [0, 0.1) is 0 Å². The van der Waals surface area contributed by atoms with Gasteiger partial charge in [0.25, 0.3) is 0 Å². The fraction of sp³-hybridized carbons (Fsp3) is 0.316. The Morgan fingerprint density at radius 1 is 0.960 bits per heavy atom. The number of fused-ring (bicyclic) bond motifs is 1. The lowest BCUT2D eigenvalue weighted by Gasteiger charge is -2.25. The van der Waals surface area contributed by atoms with E-state index in [2.05, 4.69) is 11.1 Å². The van der Waals surface area contributed by atoms with Gasteiger partial charge >= 0.3 is 0 Å². The van der Waals surface area contributed by atoms with E-state index in [0.29, 0.717) is 18.0 Å². The Morgan fingerprint density at radius 3 is 2.40 bits per heavy atom. The predicted molar refractivity (Wildman–Crippen MR) is 101 cm³/mol. The number of aromatic nitrogens is 1. The number of para-hydroxylation sites is 1. The summed E-state index contributed by atoms with van der Waals surface area (Å²) in [6, 6.07) is 15.4. The number of hydrogen-bond donors (Lipinski definition) is 0. The fourth-order valence-corrected chi connectivity index (χ4v) is 5.72. The van der Waals surface area contributed by atoms with Crippen molar-refractivity contribution in [2.45, 2.75) is 30.6 Å². The Labute approximate surface area is 152 Å². The van der Waals surface area contributed by atoms with Gasteiger partial charge in [0.1, 0.15) is 0 Å². The highest BCUT2D eigenvalue weighted by atomic mass is 32.2. The molecule has 6 heteroatoms. The van der Waals surface area contributed by atoms with Crippen LogP contribution in [0.2, 0.25) is 0 Å². The minimum absolute atomic E-state index is 0.391. The maximum Gasteiger partial charge on any atom is 0.243 e. The van der Waals surface area contributed by atoms with Crippen LogP contribution in [0.4, 0.5) is 0 Å². The van der Waals surface area contributed by atoms with Gasteiger partial charge in [-0.1, -0.05) is 30.7 Å². The standard InChI is InChI=1S/C19H20N2O2S2/c22-25(23,21-12-4-1-5-13-21)16-10-8-15(9-11-16)14-19-20-17-6-2-3-7-18(17)24-19/h2-3,6-11H,1,4-5,12-14H2. The second-order valence-electron chi connectivity index (χ2n) is 6.36. The molecule has 4 nitrogen and oxygen atoms in total. The smallest absolute Gasteiger partial charge is 0.241 e. The molecule has 2 heterocycles. The van der Waals surface area contributed by atoms with E-state index in [9.17, 15) is 8.42 Å². The number of benzene rings is 2. The highest BCUT2D eigenvalue weighted by Gasteiger charge is 2.25. The molecular weight excluding hydrogens is 352 g/mol. The van der Waals surface area contributed by atoms with Gasteiger partial charge in [-0.15, -0.1) is 11.3 Å². The zero-order valence-corrected chi connectivity index (χ0v) is 15.5. The van der Waals surface area contributed by atoms with Crippen LogP contribution >= 0.6 is 11.3 Å². The number of rotatable bonds is 4. The minimum atomic E-state index is -3.35. The van der Waals surface area contributed by atoms with E-state index in [1.807, 2.05) is 30.3 Å². The van der Waals surface area contributed by atoms with Crippen LogP contribution in [0.25, 0.3) is 10.2 Å². The second kappa shape index (κ2) is 6.86. The van der Waals surface area contributed by atoms with E-state index in [4.69, 9.17) is 0 Å². The van der Waals surface area contributed by atoms with Gasteiger partial charge in [0.15, 0.2) is 0 Å². The average Bonchev–Trinajstić information content (AvgIpc) is 3.05. The fourth-order valence-electron chi connectivity index (χ4n) is 3.20. The number of piperidine rings is 1. The Balaban J connectivity index is 1.53. The molecule has 0 radical (unpaired) electrons. The summed E-state index contributed by atoms with van der Waals surface area (Å²) in [4.78, 5) is 5.04. The molecule has 1 fully saturated rings. The normalized spacial score (nSPS) is 16.3. The van der Waals surface area contributed by atoms with Crippen molar-refractivity contribution in [3.63, 3.8) is 0 Å². The van der Waals surface area contributed by atoms with E-state index >= 15 is 0 Å². The van der Waals surface area contributed by atoms with Crippen molar-refractivity contribution in [2.75, 3.05) is 13.1 Å². The first-order chi connectivity index (χ1) is 12.1. The molecule has 4 rings (SSSR count). The van der Waals surface area contributed by atoms with Crippen LogP contribution in [-0.2, 0) is 16.4 Å². The lowest BCUT2D eigenvalue weighted by atomic mass is 10.2. The first-order valence-corrected chi connectivity index (χ1v) is 10.8. The summed E-state index contributed by atoms with van der Waals surface area (Å²) < 4.78 is 28.2. The maximum absolute atomic E-state index is 12.7. The molecule has 0 spiro atoms. The zero-order chi connectivity index (χ0) is 17.3. The van der Waals surface area contributed by atoms with Crippen molar-refractivity contribution in [3.05, 3.63) is 59.1 Å². The Hall–Kier alpha value is -1.76. The summed E-state index contributed by atoms with van der Waals surface area (Å²) in [6.07, 6.45) is 3.75. The number of nitrogens with zero attached hydrogens (tertiary/aromatic N) is 2. The Morgan fingerprint density at radius 2 is 1.68 bits per heavy atom. The predicted octanol–water partition coefficient (Wildman–Crippen LogP) is 4.06. The molecule has 3 aromatic rings. The molecule has 130 valence electrons. The van der Waals surface area contributed by atoms with Gasteiger partial charge < -0.3 is 0 Å². The summed E-state index contributed by atoms with van der Waals surface area (Å²) in [5.74, 6) is 0. The molecule has 25 heavy (non-hydrogen) atoms. The summed E-state index contributed by atoms with van der Waals surface area (Å²) in [5, 5.41) is 1.05. The van der Waals surface area contributed by atoms with Gasteiger partial charge in [-0.2, -0.15) is 4.31 Å². The molecule has 0 aliphatic carbocycles. The van der Waals surface area contributed by atoms with Crippen LogP contribution in [-0.4, -0.2) is 30.8 Å². The van der Waals surface area contributed by atoms with Crippen molar-refractivity contribution in [1.82, 2.24) is 9.29 Å². The topological polar surface area (TPSA) is 50.3 Å². The number of thiazole rings is 1. The van der Waals surface area contributed by atoms with Crippen LogP contribution in [0.5, 0.6) is 0 Å². The second-order valence-corrected chi connectivity index (χ2v) is 9.41. The SMILES string of the molecule is O=S(=O)(c1ccc(Cc2nc3ccccc3s2)cc1)N1CCCCC1. The minimum Gasteiger partial charge on any atom is -0.241 e. The summed E-state index contributed by atoms with van der Waals surface area (Å²) in [7, 11) is -3.35. The molecule has 0 saturated carbocycles. The van der Waals surface area contributed by atoms with Crippen molar-refractivity contribution in [3.8, 4) is 0 Å². The van der Waals surface area contributed by atoms with E-state index in [-0.39, 0.29) is 0 Å². The molecule has 0 unspecified atom stereocenters. The van der Waals surface area contributed by atoms with Gasteiger partial charge in [0, 0.05) is 19.5 Å². The maximum atomic E-state index is 12.7.